The number of alkyl halides is 3. The van der Waals surface area contributed by atoms with E-state index in [1.165, 1.54) is 18.3 Å². The van der Waals surface area contributed by atoms with Crippen LogP contribution in [0, 0.1) is 0 Å². The summed E-state index contributed by atoms with van der Waals surface area (Å²) >= 11 is 0. The molecule has 1 rings (SSSR count). The largest absolute Gasteiger partial charge is 0.411 e. The van der Waals surface area contributed by atoms with Gasteiger partial charge in [0, 0.05) is 12.7 Å². The molecule has 0 saturated heterocycles. The van der Waals surface area contributed by atoms with Crippen molar-refractivity contribution in [2.45, 2.75) is 17.8 Å². The Morgan fingerprint density at radius 3 is 2.55 bits per heavy atom. The fourth-order valence-corrected chi connectivity index (χ4v) is 2.11. The first-order valence-electron chi connectivity index (χ1n) is 5.44. The van der Waals surface area contributed by atoms with E-state index < -0.39 is 29.4 Å². The Hall–Kier alpha value is -1.23. The van der Waals surface area contributed by atoms with Gasteiger partial charge in [-0.25, -0.2) is 18.1 Å². The number of aromatic nitrogens is 1. The molecule has 0 aliphatic rings. The zero-order valence-corrected chi connectivity index (χ0v) is 11.0. The van der Waals surface area contributed by atoms with Crippen molar-refractivity contribution in [2.24, 2.45) is 0 Å². The van der Waals surface area contributed by atoms with Gasteiger partial charge in [0.2, 0.25) is 0 Å². The fraction of sp³-hybridized carbons (Fsp3) is 0.500. The van der Waals surface area contributed by atoms with Crippen molar-refractivity contribution >= 4 is 10.0 Å². The van der Waals surface area contributed by atoms with Crippen molar-refractivity contribution in [3.63, 3.8) is 0 Å². The van der Waals surface area contributed by atoms with E-state index in [0.717, 1.165) is 0 Å². The van der Waals surface area contributed by atoms with Crippen LogP contribution in [-0.2, 0) is 21.4 Å². The lowest BCUT2D eigenvalue weighted by atomic mass is 10.3. The van der Waals surface area contributed by atoms with E-state index in [0.29, 0.717) is 5.56 Å². The smallest absolute Gasteiger partial charge is 0.392 e. The molecule has 0 bridgehead atoms. The van der Waals surface area contributed by atoms with Crippen LogP contribution < -0.4 is 4.72 Å². The van der Waals surface area contributed by atoms with Gasteiger partial charge in [-0.3, -0.25) is 0 Å². The third-order valence-corrected chi connectivity index (χ3v) is 3.44. The van der Waals surface area contributed by atoms with Crippen LogP contribution in [0.5, 0.6) is 0 Å². The summed E-state index contributed by atoms with van der Waals surface area (Å²) in [4.78, 5) is 3.63. The van der Waals surface area contributed by atoms with E-state index in [9.17, 15) is 21.6 Å². The third kappa shape index (κ3) is 5.82. The number of aliphatic hydroxyl groups is 1. The van der Waals surface area contributed by atoms with Crippen molar-refractivity contribution in [1.29, 1.82) is 0 Å². The molecule has 0 saturated carbocycles. The van der Waals surface area contributed by atoms with Crippen LogP contribution in [-0.4, -0.2) is 44.4 Å². The topological polar surface area (TPSA) is 88.5 Å². The Labute approximate surface area is 113 Å². The van der Waals surface area contributed by atoms with Crippen molar-refractivity contribution in [1.82, 2.24) is 9.71 Å². The molecule has 0 atom stereocenters. The molecular formula is C10H13F3N2O4S. The molecule has 0 aliphatic carbocycles. The highest BCUT2D eigenvalue weighted by molar-refractivity contribution is 7.89. The Kier molecular flexibility index (Phi) is 5.87. The van der Waals surface area contributed by atoms with E-state index in [2.05, 4.69) is 14.4 Å². The molecule has 0 aromatic carbocycles. The molecule has 0 unspecified atom stereocenters. The number of nitrogens with zero attached hydrogens (tertiary/aromatic N) is 1. The second-order valence-electron chi connectivity index (χ2n) is 3.73. The van der Waals surface area contributed by atoms with Crippen LogP contribution in [0.25, 0.3) is 0 Å². The standard InChI is InChI=1S/C10H13F3N2O4S/c11-10(12,13)7-19-4-3-15-20(17,18)9-2-1-8(6-16)5-14-9/h1-2,5,15-16H,3-4,6-7H2. The second kappa shape index (κ2) is 6.97. The molecule has 10 heteroatoms. The number of rotatable bonds is 7. The Bertz CT molecular complexity index is 516. The maximum Gasteiger partial charge on any atom is 0.411 e. The summed E-state index contributed by atoms with van der Waals surface area (Å²) in [5.41, 5.74) is 0.442. The average Bonchev–Trinajstić information content (AvgIpc) is 2.37. The van der Waals surface area contributed by atoms with E-state index in [1.807, 2.05) is 0 Å². The highest BCUT2D eigenvalue weighted by Crippen LogP contribution is 2.14. The summed E-state index contributed by atoms with van der Waals surface area (Å²) in [5, 5.41) is 8.50. The quantitative estimate of drug-likeness (QED) is 0.713. The minimum absolute atomic E-state index is 0.272. The molecule has 6 nitrogen and oxygen atoms in total. The highest BCUT2D eigenvalue weighted by Gasteiger charge is 2.27. The van der Waals surface area contributed by atoms with Gasteiger partial charge in [-0.1, -0.05) is 6.07 Å². The van der Waals surface area contributed by atoms with Gasteiger partial charge in [0.15, 0.2) is 5.03 Å². The van der Waals surface area contributed by atoms with Crippen LogP contribution in [0.3, 0.4) is 0 Å². The van der Waals surface area contributed by atoms with Gasteiger partial charge in [0.1, 0.15) is 6.61 Å². The Balaban J connectivity index is 2.45. The fourth-order valence-electron chi connectivity index (χ4n) is 1.17. The van der Waals surface area contributed by atoms with Crippen molar-refractivity contribution < 1.29 is 31.4 Å². The zero-order chi connectivity index (χ0) is 15.2. The predicted molar refractivity (Wildman–Crippen MR) is 62.2 cm³/mol. The van der Waals surface area contributed by atoms with Crippen LogP contribution in [0.15, 0.2) is 23.4 Å². The monoisotopic (exact) mass is 314 g/mol. The normalized spacial score (nSPS) is 12.6. The minimum Gasteiger partial charge on any atom is -0.392 e. The number of sulfonamides is 1. The lowest BCUT2D eigenvalue weighted by Crippen LogP contribution is -2.29. The summed E-state index contributed by atoms with van der Waals surface area (Å²) in [6.45, 7) is -2.42. The number of aliphatic hydroxyl groups excluding tert-OH is 1. The number of ether oxygens (including phenoxy) is 1. The molecule has 20 heavy (non-hydrogen) atoms. The molecule has 0 spiro atoms. The maximum atomic E-state index is 11.8. The van der Waals surface area contributed by atoms with Gasteiger partial charge in [-0.2, -0.15) is 13.2 Å². The molecule has 2 N–H and O–H groups in total. The van der Waals surface area contributed by atoms with Gasteiger partial charge in [-0.15, -0.1) is 0 Å². The predicted octanol–water partition coefficient (Wildman–Crippen LogP) is 0.431. The maximum absolute atomic E-state index is 11.8. The van der Waals surface area contributed by atoms with E-state index in [4.69, 9.17) is 5.11 Å². The molecule has 1 heterocycles. The number of nitrogens with one attached hydrogen (secondary N) is 1. The first-order valence-corrected chi connectivity index (χ1v) is 6.93. The van der Waals surface area contributed by atoms with Crippen molar-refractivity contribution in [2.75, 3.05) is 19.8 Å². The lowest BCUT2D eigenvalue weighted by Gasteiger charge is -2.09. The van der Waals surface area contributed by atoms with Crippen LogP contribution in [0.4, 0.5) is 13.2 Å². The average molecular weight is 314 g/mol. The SMILES string of the molecule is O=S(=O)(NCCOCC(F)(F)F)c1ccc(CO)cn1. The molecule has 114 valence electrons. The summed E-state index contributed by atoms with van der Waals surface area (Å²) in [6, 6.07) is 2.56. The number of halogens is 3. The lowest BCUT2D eigenvalue weighted by molar-refractivity contribution is -0.173. The van der Waals surface area contributed by atoms with E-state index >= 15 is 0 Å². The summed E-state index contributed by atoms with van der Waals surface area (Å²) in [6.07, 6.45) is -3.25. The van der Waals surface area contributed by atoms with Gasteiger partial charge in [-0.05, 0) is 11.6 Å². The molecule has 1 aromatic heterocycles. The van der Waals surface area contributed by atoms with Crippen molar-refractivity contribution in [3.8, 4) is 0 Å². The third-order valence-electron chi connectivity index (χ3n) is 2.06. The van der Waals surface area contributed by atoms with Gasteiger partial charge in [0.05, 0.1) is 13.2 Å². The summed E-state index contributed by atoms with van der Waals surface area (Å²) < 4.78 is 64.9. The number of hydrogen-bond donors (Lipinski definition) is 2. The Morgan fingerprint density at radius 2 is 2.05 bits per heavy atom. The van der Waals surface area contributed by atoms with Crippen LogP contribution in [0.1, 0.15) is 5.56 Å². The van der Waals surface area contributed by atoms with Gasteiger partial charge >= 0.3 is 6.18 Å². The van der Waals surface area contributed by atoms with Crippen LogP contribution >= 0.6 is 0 Å². The molecular weight excluding hydrogens is 301 g/mol. The number of pyridine rings is 1. The first-order chi connectivity index (χ1) is 9.24. The van der Waals surface area contributed by atoms with Gasteiger partial charge in [0.25, 0.3) is 10.0 Å². The molecule has 1 aromatic rings. The zero-order valence-electron chi connectivity index (χ0n) is 10.2. The van der Waals surface area contributed by atoms with Gasteiger partial charge < -0.3 is 9.84 Å². The minimum atomic E-state index is -4.44. The van der Waals surface area contributed by atoms with E-state index in [-0.39, 0.29) is 18.2 Å². The molecule has 0 fully saturated rings. The Morgan fingerprint density at radius 1 is 1.35 bits per heavy atom. The molecule has 0 radical (unpaired) electrons. The molecule has 0 amide bonds. The summed E-state index contributed by atoms with van der Waals surface area (Å²) in [5.74, 6) is 0. The second-order valence-corrected chi connectivity index (χ2v) is 5.44. The number of hydrogen-bond acceptors (Lipinski definition) is 5. The molecule has 0 aliphatic heterocycles. The van der Waals surface area contributed by atoms with E-state index in [1.54, 1.807) is 0 Å². The first kappa shape index (κ1) is 16.8. The summed E-state index contributed by atoms with van der Waals surface area (Å²) in [7, 11) is -3.91. The van der Waals surface area contributed by atoms with Crippen molar-refractivity contribution in [3.05, 3.63) is 23.9 Å². The van der Waals surface area contributed by atoms with Crippen LogP contribution in [0.2, 0.25) is 0 Å². The highest BCUT2D eigenvalue weighted by atomic mass is 32.2.